The van der Waals surface area contributed by atoms with Crippen LogP contribution < -0.4 is 17.1 Å². The zero-order chi connectivity index (χ0) is 25.2. The monoisotopic (exact) mass is 543 g/mol. The van der Waals surface area contributed by atoms with Crippen molar-refractivity contribution in [3.05, 3.63) is 11.8 Å². The SMILES string of the molecule is CCCCCCCCCCCCC(=O)OC[N+]1(C)CCC=C(c2nsnc2OCCCCCC)C1.[Cl-]. The third-order valence-corrected chi connectivity index (χ3v) is 7.39. The first-order chi connectivity index (χ1) is 17.1. The van der Waals surface area contributed by atoms with E-state index in [-0.39, 0.29) is 18.4 Å². The third-order valence-electron chi connectivity index (χ3n) is 6.88. The third kappa shape index (κ3) is 13.4. The molecule has 0 bridgehead atoms. The second kappa shape index (κ2) is 19.9. The standard InChI is InChI=1S/C28H50N3O3S.ClH/c1-4-6-8-10-11-12-13-14-15-16-20-26(32)34-24-31(3)21-18-19-25(23-31)27-28(30-35-29-27)33-22-17-9-7-5-2;/h19H,4-18,20-24H2,1-3H3;1H/q+1;/p-1. The molecule has 1 aromatic heterocycles. The van der Waals surface area contributed by atoms with Gasteiger partial charge in [0.05, 0.1) is 31.9 Å². The molecule has 0 aliphatic carbocycles. The van der Waals surface area contributed by atoms with Crippen LogP contribution in [0.4, 0.5) is 0 Å². The highest BCUT2D eigenvalue weighted by Gasteiger charge is 2.31. The molecule has 36 heavy (non-hydrogen) atoms. The number of carbonyl (C=O) groups excluding carboxylic acids is 1. The molecule has 0 amide bonds. The van der Waals surface area contributed by atoms with Gasteiger partial charge < -0.3 is 21.9 Å². The van der Waals surface area contributed by atoms with Gasteiger partial charge in [-0.3, -0.25) is 9.28 Å². The van der Waals surface area contributed by atoms with Crippen LogP contribution in [-0.4, -0.2) is 52.7 Å². The van der Waals surface area contributed by atoms with Crippen LogP contribution in [0.2, 0.25) is 0 Å². The van der Waals surface area contributed by atoms with Gasteiger partial charge in [0.2, 0.25) is 6.73 Å². The summed E-state index contributed by atoms with van der Waals surface area (Å²) in [6, 6.07) is 0. The average molecular weight is 544 g/mol. The maximum absolute atomic E-state index is 12.3. The van der Waals surface area contributed by atoms with Crippen LogP contribution in [0.25, 0.3) is 5.57 Å². The van der Waals surface area contributed by atoms with Gasteiger partial charge in [-0.15, -0.1) is 4.37 Å². The number of esters is 1. The molecule has 1 aromatic rings. The molecule has 2 heterocycles. The van der Waals surface area contributed by atoms with Gasteiger partial charge in [0.1, 0.15) is 12.2 Å². The predicted molar refractivity (Wildman–Crippen MR) is 145 cm³/mol. The summed E-state index contributed by atoms with van der Waals surface area (Å²) in [4.78, 5) is 12.3. The molecule has 0 aromatic carbocycles. The number of ether oxygens (including phenoxy) is 2. The van der Waals surface area contributed by atoms with E-state index in [0.717, 1.165) is 50.0 Å². The van der Waals surface area contributed by atoms with E-state index in [4.69, 9.17) is 9.47 Å². The summed E-state index contributed by atoms with van der Waals surface area (Å²) in [6.07, 6.45) is 21.1. The quantitative estimate of drug-likeness (QED) is 0.137. The van der Waals surface area contributed by atoms with Crippen molar-refractivity contribution in [1.82, 2.24) is 8.75 Å². The number of carbonyl (C=O) groups is 1. The average Bonchev–Trinajstić information content (AvgIpc) is 3.32. The van der Waals surface area contributed by atoms with E-state index in [0.29, 0.717) is 30.1 Å². The van der Waals surface area contributed by atoms with Gasteiger partial charge in [0.25, 0.3) is 5.88 Å². The van der Waals surface area contributed by atoms with Crippen molar-refractivity contribution in [2.75, 3.05) is 33.5 Å². The Morgan fingerprint density at radius 2 is 1.53 bits per heavy atom. The van der Waals surface area contributed by atoms with Gasteiger partial charge in [-0.25, -0.2) is 0 Å². The van der Waals surface area contributed by atoms with Gasteiger partial charge >= 0.3 is 5.97 Å². The van der Waals surface area contributed by atoms with Crippen molar-refractivity contribution in [3.63, 3.8) is 0 Å². The molecule has 0 fully saturated rings. The lowest BCUT2D eigenvalue weighted by atomic mass is 10.1. The molecule has 208 valence electrons. The molecule has 0 saturated carbocycles. The molecule has 2 rings (SSSR count). The minimum Gasteiger partial charge on any atom is -1.00 e. The maximum Gasteiger partial charge on any atom is 0.310 e. The molecule has 0 N–H and O–H groups in total. The Kier molecular flexibility index (Phi) is 18.1. The van der Waals surface area contributed by atoms with Crippen LogP contribution in [0.15, 0.2) is 6.08 Å². The van der Waals surface area contributed by atoms with Crippen molar-refractivity contribution >= 4 is 23.3 Å². The summed E-state index contributed by atoms with van der Waals surface area (Å²) in [7, 11) is 2.16. The summed E-state index contributed by atoms with van der Waals surface area (Å²) in [5.41, 5.74) is 2.02. The summed E-state index contributed by atoms with van der Waals surface area (Å²) < 4.78 is 21.2. The van der Waals surface area contributed by atoms with Crippen LogP contribution in [0.3, 0.4) is 0 Å². The normalized spacial score (nSPS) is 17.4. The van der Waals surface area contributed by atoms with E-state index in [1.54, 1.807) is 0 Å². The zero-order valence-electron chi connectivity index (χ0n) is 23.1. The molecule has 1 unspecified atom stereocenters. The van der Waals surface area contributed by atoms with E-state index in [1.807, 2.05) is 0 Å². The highest BCUT2D eigenvalue weighted by molar-refractivity contribution is 6.99. The Labute approximate surface area is 230 Å². The second-order valence-corrected chi connectivity index (χ2v) is 11.0. The summed E-state index contributed by atoms with van der Waals surface area (Å²) >= 11 is 1.21. The van der Waals surface area contributed by atoms with Crippen molar-refractivity contribution in [2.45, 2.75) is 117 Å². The number of rotatable bonds is 20. The Morgan fingerprint density at radius 3 is 2.19 bits per heavy atom. The maximum atomic E-state index is 12.3. The van der Waals surface area contributed by atoms with Crippen LogP contribution in [-0.2, 0) is 9.53 Å². The molecule has 1 aliphatic rings. The molecular formula is C28H50ClN3O3S. The van der Waals surface area contributed by atoms with Crippen LogP contribution in [0, 0.1) is 0 Å². The number of aromatic nitrogens is 2. The van der Waals surface area contributed by atoms with Gasteiger partial charge in [-0.1, -0.05) is 97.0 Å². The molecule has 1 atom stereocenters. The van der Waals surface area contributed by atoms with Crippen molar-refractivity contribution in [1.29, 1.82) is 0 Å². The van der Waals surface area contributed by atoms with Crippen LogP contribution in [0.5, 0.6) is 5.88 Å². The minimum absolute atomic E-state index is 0. The lowest BCUT2D eigenvalue weighted by Crippen LogP contribution is -3.00. The molecule has 1 aliphatic heterocycles. The molecule has 0 spiro atoms. The number of hydrogen-bond donors (Lipinski definition) is 0. The van der Waals surface area contributed by atoms with E-state index in [2.05, 4.69) is 35.7 Å². The number of hydrogen-bond acceptors (Lipinski definition) is 6. The summed E-state index contributed by atoms with van der Waals surface area (Å²) in [6.45, 7) is 7.31. The fraction of sp³-hybridized carbons (Fsp3) is 0.821. The Morgan fingerprint density at radius 1 is 0.917 bits per heavy atom. The van der Waals surface area contributed by atoms with Gasteiger partial charge in [0.15, 0.2) is 0 Å². The van der Waals surface area contributed by atoms with Crippen molar-refractivity contribution in [3.8, 4) is 5.88 Å². The first-order valence-electron chi connectivity index (χ1n) is 14.2. The fourth-order valence-corrected chi connectivity index (χ4v) is 5.14. The summed E-state index contributed by atoms with van der Waals surface area (Å²) in [5.74, 6) is 0.593. The highest BCUT2D eigenvalue weighted by atomic mass is 35.5. The van der Waals surface area contributed by atoms with Gasteiger partial charge in [-0.05, 0) is 12.8 Å². The van der Waals surface area contributed by atoms with E-state index >= 15 is 0 Å². The smallest absolute Gasteiger partial charge is 0.310 e. The minimum atomic E-state index is -0.0635. The Bertz CT molecular complexity index is 743. The fourth-order valence-electron chi connectivity index (χ4n) is 4.61. The molecule has 8 heteroatoms. The number of quaternary nitrogens is 1. The van der Waals surface area contributed by atoms with E-state index < -0.39 is 0 Å². The lowest BCUT2D eigenvalue weighted by Gasteiger charge is -2.36. The number of likely N-dealkylation sites (N-methyl/N-ethyl adjacent to an activating group) is 1. The first kappa shape index (κ1) is 32.8. The number of unbranched alkanes of at least 4 members (excludes halogenated alkanes) is 12. The molecule has 0 radical (unpaired) electrons. The van der Waals surface area contributed by atoms with E-state index in [1.165, 1.54) is 82.4 Å². The van der Waals surface area contributed by atoms with E-state index in [9.17, 15) is 4.79 Å². The molecule has 6 nitrogen and oxygen atoms in total. The van der Waals surface area contributed by atoms with Gasteiger partial charge in [-0.2, -0.15) is 4.37 Å². The second-order valence-electron chi connectivity index (χ2n) is 10.4. The van der Waals surface area contributed by atoms with Crippen LogP contribution >= 0.6 is 11.7 Å². The van der Waals surface area contributed by atoms with Crippen molar-refractivity contribution in [2.24, 2.45) is 0 Å². The lowest BCUT2D eigenvalue weighted by molar-refractivity contribution is -0.919. The Hall–Kier alpha value is -1.18. The number of halogens is 1. The number of nitrogens with zero attached hydrogens (tertiary/aromatic N) is 3. The van der Waals surface area contributed by atoms with Crippen molar-refractivity contribution < 1.29 is 31.2 Å². The Balaban J connectivity index is 0.00000648. The van der Waals surface area contributed by atoms with Gasteiger partial charge in [0, 0.05) is 18.4 Å². The van der Waals surface area contributed by atoms with Crippen LogP contribution in [0.1, 0.15) is 122 Å². The topological polar surface area (TPSA) is 61.3 Å². The zero-order valence-corrected chi connectivity index (χ0v) is 24.6. The molecular weight excluding hydrogens is 494 g/mol. The first-order valence-corrected chi connectivity index (χ1v) is 14.9. The predicted octanol–water partition coefficient (Wildman–Crippen LogP) is 4.55. The highest BCUT2D eigenvalue weighted by Crippen LogP contribution is 2.30. The molecule has 0 saturated heterocycles. The summed E-state index contributed by atoms with van der Waals surface area (Å²) in [5, 5.41) is 0. The largest absolute Gasteiger partial charge is 1.00 e.